The summed E-state index contributed by atoms with van der Waals surface area (Å²) in [7, 11) is 0. The molecule has 0 amide bonds. The van der Waals surface area contributed by atoms with Gasteiger partial charge in [-0.25, -0.2) is 4.98 Å². The monoisotopic (exact) mass is 187 g/mol. The van der Waals surface area contributed by atoms with Crippen LogP contribution in [0.25, 0.3) is 5.65 Å². The van der Waals surface area contributed by atoms with E-state index in [2.05, 4.69) is 4.98 Å². The molecule has 0 saturated carbocycles. The zero-order valence-corrected chi connectivity index (χ0v) is 7.45. The summed E-state index contributed by atoms with van der Waals surface area (Å²) in [5, 5.41) is 8.71. The van der Waals surface area contributed by atoms with Crippen molar-refractivity contribution in [1.29, 1.82) is 5.26 Å². The van der Waals surface area contributed by atoms with Gasteiger partial charge in [0.1, 0.15) is 21.9 Å². The predicted octanol–water partition coefficient (Wildman–Crippen LogP) is 1.94. The molecule has 0 aliphatic heterocycles. The summed E-state index contributed by atoms with van der Waals surface area (Å²) in [6.07, 6.45) is 3.29. The predicted molar refractivity (Wildman–Crippen MR) is 50.7 cm³/mol. The number of nitrogens with zero attached hydrogens (tertiary/aromatic N) is 3. The third-order valence-corrected chi connectivity index (χ3v) is 2.15. The van der Waals surface area contributed by atoms with Gasteiger partial charge in [-0.1, -0.05) is 18.3 Å². The zero-order valence-electron chi connectivity index (χ0n) is 6.64. The molecule has 2 rings (SSSR count). The Bertz CT molecular complexity index is 551. The molecule has 0 atom stereocenters. The second-order valence-electron chi connectivity index (χ2n) is 2.52. The normalized spacial score (nSPS) is 9.77. The van der Waals surface area contributed by atoms with Crippen molar-refractivity contribution in [3.8, 4) is 6.07 Å². The van der Waals surface area contributed by atoms with Crippen molar-refractivity contribution in [2.75, 3.05) is 0 Å². The second kappa shape index (κ2) is 2.96. The lowest BCUT2D eigenvalue weighted by Gasteiger charge is -1.99. The fourth-order valence-corrected chi connectivity index (χ4v) is 1.36. The maximum atomic E-state index is 8.71. The zero-order chi connectivity index (χ0) is 9.26. The molecule has 0 N–H and O–H groups in total. The number of aromatic nitrogens is 2. The Morgan fingerprint density at radius 2 is 2.31 bits per heavy atom. The van der Waals surface area contributed by atoms with E-state index in [1.54, 1.807) is 10.6 Å². The standard InChI is InChI=1S/C9H5N3S/c10-5-7-6-11-8-3-1-2-4-12(8)9(7)13/h1-4,6H. The summed E-state index contributed by atoms with van der Waals surface area (Å²) in [5.74, 6) is 0. The summed E-state index contributed by atoms with van der Waals surface area (Å²) in [4.78, 5) is 4.09. The van der Waals surface area contributed by atoms with Gasteiger partial charge in [-0.15, -0.1) is 0 Å². The minimum absolute atomic E-state index is 0.429. The number of hydrogen-bond donors (Lipinski definition) is 0. The first kappa shape index (κ1) is 7.90. The van der Waals surface area contributed by atoms with Crippen LogP contribution in [0.5, 0.6) is 0 Å². The summed E-state index contributed by atoms with van der Waals surface area (Å²) in [6, 6.07) is 7.58. The minimum Gasteiger partial charge on any atom is -0.291 e. The lowest BCUT2D eigenvalue weighted by atomic mass is 10.3. The van der Waals surface area contributed by atoms with Gasteiger partial charge in [-0.2, -0.15) is 5.26 Å². The highest BCUT2D eigenvalue weighted by Gasteiger charge is 1.97. The van der Waals surface area contributed by atoms with Crippen molar-refractivity contribution in [1.82, 2.24) is 9.38 Å². The van der Waals surface area contributed by atoms with Gasteiger partial charge in [0, 0.05) is 6.20 Å². The van der Waals surface area contributed by atoms with Crippen molar-refractivity contribution in [2.24, 2.45) is 0 Å². The van der Waals surface area contributed by atoms with Crippen LogP contribution in [0.3, 0.4) is 0 Å². The van der Waals surface area contributed by atoms with Crippen LogP contribution in [0.4, 0.5) is 0 Å². The van der Waals surface area contributed by atoms with Gasteiger partial charge in [0.05, 0.1) is 6.20 Å². The van der Waals surface area contributed by atoms with Gasteiger partial charge < -0.3 is 0 Å². The molecule has 0 saturated heterocycles. The fourth-order valence-electron chi connectivity index (χ4n) is 1.10. The van der Waals surface area contributed by atoms with Crippen LogP contribution in [-0.4, -0.2) is 9.38 Å². The molecule has 2 aromatic heterocycles. The molecule has 0 radical (unpaired) electrons. The van der Waals surface area contributed by atoms with Crippen molar-refractivity contribution in [2.45, 2.75) is 0 Å². The second-order valence-corrected chi connectivity index (χ2v) is 2.90. The first-order valence-electron chi connectivity index (χ1n) is 3.69. The smallest absolute Gasteiger partial charge is 0.137 e. The van der Waals surface area contributed by atoms with E-state index in [9.17, 15) is 0 Å². The summed E-state index contributed by atoms with van der Waals surface area (Å²) in [6.45, 7) is 0. The van der Waals surface area contributed by atoms with Gasteiger partial charge in [0.25, 0.3) is 0 Å². The van der Waals surface area contributed by atoms with E-state index in [1.807, 2.05) is 24.3 Å². The van der Waals surface area contributed by atoms with E-state index >= 15 is 0 Å². The van der Waals surface area contributed by atoms with Crippen molar-refractivity contribution in [3.63, 3.8) is 0 Å². The highest BCUT2D eigenvalue weighted by molar-refractivity contribution is 7.71. The number of fused-ring (bicyclic) bond motifs is 1. The van der Waals surface area contributed by atoms with E-state index in [0.29, 0.717) is 10.2 Å². The minimum atomic E-state index is 0.429. The topological polar surface area (TPSA) is 41.1 Å². The summed E-state index contributed by atoms with van der Waals surface area (Å²) in [5.41, 5.74) is 1.19. The maximum Gasteiger partial charge on any atom is 0.137 e. The Morgan fingerprint density at radius 1 is 1.46 bits per heavy atom. The van der Waals surface area contributed by atoms with Crippen LogP contribution in [0, 0.1) is 16.0 Å². The molecule has 0 aliphatic rings. The van der Waals surface area contributed by atoms with Crippen molar-refractivity contribution in [3.05, 3.63) is 40.8 Å². The van der Waals surface area contributed by atoms with Crippen LogP contribution in [0.2, 0.25) is 0 Å². The maximum absolute atomic E-state index is 8.71. The summed E-state index contributed by atoms with van der Waals surface area (Å²) < 4.78 is 2.22. The van der Waals surface area contributed by atoms with E-state index in [1.165, 1.54) is 6.20 Å². The highest BCUT2D eigenvalue weighted by Crippen LogP contribution is 2.04. The lowest BCUT2D eigenvalue weighted by molar-refractivity contribution is 1.07. The van der Waals surface area contributed by atoms with Crippen LogP contribution < -0.4 is 0 Å². The molecule has 3 nitrogen and oxygen atoms in total. The molecule has 13 heavy (non-hydrogen) atoms. The fraction of sp³-hybridized carbons (Fsp3) is 0. The Kier molecular flexibility index (Phi) is 1.80. The number of nitriles is 1. The molecule has 2 aromatic rings. The number of pyridine rings is 1. The Labute approximate surface area is 79.9 Å². The highest BCUT2D eigenvalue weighted by atomic mass is 32.1. The van der Waals surface area contributed by atoms with Crippen molar-refractivity contribution >= 4 is 17.9 Å². The molecule has 62 valence electrons. The Hall–Kier alpha value is -1.73. The van der Waals surface area contributed by atoms with E-state index < -0.39 is 0 Å². The molecule has 0 unspecified atom stereocenters. The van der Waals surface area contributed by atoms with E-state index in [4.69, 9.17) is 17.5 Å². The van der Waals surface area contributed by atoms with Crippen LogP contribution in [0.15, 0.2) is 30.6 Å². The molecule has 0 spiro atoms. The van der Waals surface area contributed by atoms with E-state index in [0.717, 1.165) is 5.65 Å². The number of hydrogen-bond acceptors (Lipinski definition) is 3. The SMILES string of the molecule is N#Cc1cnc2ccccn2c1=S. The molecular weight excluding hydrogens is 182 g/mol. The molecule has 4 heteroatoms. The molecule has 2 heterocycles. The third kappa shape index (κ3) is 1.19. The first-order chi connectivity index (χ1) is 6.33. The van der Waals surface area contributed by atoms with Crippen molar-refractivity contribution < 1.29 is 0 Å². The summed E-state index contributed by atoms with van der Waals surface area (Å²) >= 11 is 5.09. The van der Waals surface area contributed by atoms with Gasteiger partial charge >= 0.3 is 0 Å². The lowest BCUT2D eigenvalue weighted by Crippen LogP contribution is -1.94. The van der Waals surface area contributed by atoms with Gasteiger partial charge in [-0.3, -0.25) is 4.40 Å². The van der Waals surface area contributed by atoms with Crippen LogP contribution in [0.1, 0.15) is 5.56 Å². The Morgan fingerprint density at radius 3 is 3.08 bits per heavy atom. The molecule has 0 fully saturated rings. The third-order valence-electron chi connectivity index (χ3n) is 1.73. The largest absolute Gasteiger partial charge is 0.291 e. The first-order valence-corrected chi connectivity index (χ1v) is 4.10. The molecular formula is C9H5N3S. The van der Waals surface area contributed by atoms with Gasteiger partial charge in [0.2, 0.25) is 0 Å². The van der Waals surface area contributed by atoms with Crippen LogP contribution in [-0.2, 0) is 0 Å². The van der Waals surface area contributed by atoms with Gasteiger partial charge in [-0.05, 0) is 12.1 Å². The average molecular weight is 187 g/mol. The quantitative estimate of drug-likeness (QED) is 0.592. The average Bonchev–Trinajstić information content (AvgIpc) is 2.19. The Balaban J connectivity index is 2.98. The van der Waals surface area contributed by atoms with Crippen LogP contribution >= 0.6 is 12.2 Å². The molecule has 0 aliphatic carbocycles. The number of rotatable bonds is 0. The van der Waals surface area contributed by atoms with Gasteiger partial charge in [0.15, 0.2) is 0 Å². The molecule has 0 bridgehead atoms. The molecule has 0 aromatic carbocycles. The van der Waals surface area contributed by atoms with E-state index in [-0.39, 0.29) is 0 Å².